The summed E-state index contributed by atoms with van der Waals surface area (Å²) in [6.45, 7) is 0. The molecule has 0 saturated carbocycles. The van der Waals surface area contributed by atoms with Crippen molar-refractivity contribution in [1.82, 2.24) is 0 Å². The number of amides is 2. The minimum Gasteiger partial charge on any atom is -0.435 e. The van der Waals surface area contributed by atoms with Crippen molar-refractivity contribution in [2.24, 2.45) is 10.2 Å². The first-order valence-corrected chi connectivity index (χ1v) is 19.2. The summed E-state index contributed by atoms with van der Waals surface area (Å²) in [7, 11) is -7.04. The molecule has 0 bridgehead atoms. The van der Waals surface area contributed by atoms with E-state index in [4.69, 9.17) is 15.2 Å². The molecule has 0 radical (unpaired) electrons. The molecule has 0 aromatic heterocycles. The van der Waals surface area contributed by atoms with Crippen molar-refractivity contribution in [2.75, 3.05) is 0 Å². The number of azide groups is 2. The van der Waals surface area contributed by atoms with Gasteiger partial charge in [0.1, 0.15) is 0 Å². The Hall–Kier alpha value is -6.33. The molecule has 0 unspecified atom stereocenters. The molecule has 0 aliphatic carbocycles. The van der Waals surface area contributed by atoms with Crippen LogP contribution >= 0.6 is 0 Å². The maximum absolute atomic E-state index is 12.6. The van der Waals surface area contributed by atoms with Gasteiger partial charge in [-0.15, -0.1) is 0 Å². The summed E-state index contributed by atoms with van der Waals surface area (Å²) in [6.07, 6.45) is 0. The molecule has 6 rings (SSSR count). The van der Waals surface area contributed by atoms with E-state index < -0.39 is 28.4 Å². The molecule has 2 amide bonds. The predicted molar refractivity (Wildman–Crippen MR) is 196 cm³/mol. The molecular formula is C38H28N6O3Si2. The van der Waals surface area contributed by atoms with Crippen LogP contribution in [-0.4, -0.2) is 28.4 Å². The minimum absolute atomic E-state index is 0.264. The normalized spacial score (nSPS) is 11.1. The highest BCUT2D eigenvalue weighted by atomic mass is 28.4. The summed E-state index contributed by atoms with van der Waals surface area (Å²) in [5, 5.41) is 12.3. The van der Waals surface area contributed by atoms with Gasteiger partial charge in [-0.25, -0.2) is 0 Å². The molecule has 49 heavy (non-hydrogen) atoms. The smallest absolute Gasteiger partial charge is 0.278 e. The van der Waals surface area contributed by atoms with Gasteiger partial charge in [0.25, 0.3) is 16.6 Å². The lowest BCUT2D eigenvalue weighted by Gasteiger charge is -2.44. The lowest BCUT2D eigenvalue weighted by atomic mass is 10.2. The van der Waals surface area contributed by atoms with Gasteiger partial charge in [-0.05, 0) is 52.4 Å². The fourth-order valence-corrected chi connectivity index (χ4v) is 16.8. The van der Waals surface area contributed by atoms with Crippen molar-refractivity contribution in [2.45, 2.75) is 0 Å². The van der Waals surface area contributed by atoms with Crippen LogP contribution in [0, 0.1) is 0 Å². The Morgan fingerprint density at radius 3 is 0.898 bits per heavy atom. The fourth-order valence-electron chi connectivity index (χ4n) is 6.17. The maximum atomic E-state index is 12.6. The summed E-state index contributed by atoms with van der Waals surface area (Å²) in [5.74, 6) is -1.34. The molecule has 0 N–H and O–H groups in total. The number of benzene rings is 6. The third-order valence-corrected chi connectivity index (χ3v) is 17.7. The maximum Gasteiger partial charge on any atom is 0.278 e. The molecule has 6 aromatic carbocycles. The number of carbonyl (C=O) groups is 2. The Bertz CT molecular complexity index is 1940. The van der Waals surface area contributed by atoms with Crippen LogP contribution in [-0.2, 0) is 4.12 Å². The van der Waals surface area contributed by atoms with Crippen molar-refractivity contribution < 1.29 is 13.7 Å². The van der Waals surface area contributed by atoms with E-state index in [-0.39, 0.29) is 11.1 Å². The molecule has 0 saturated heterocycles. The molecule has 9 nitrogen and oxygen atoms in total. The highest BCUT2D eigenvalue weighted by Crippen LogP contribution is 2.20. The highest BCUT2D eigenvalue weighted by Gasteiger charge is 2.52. The number of hydrogen-bond acceptors (Lipinski definition) is 3. The van der Waals surface area contributed by atoms with Crippen molar-refractivity contribution in [3.8, 4) is 0 Å². The van der Waals surface area contributed by atoms with Crippen LogP contribution in [0.15, 0.2) is 180 Å². The molecule has 0 aliphatic heterocycles. The van der Waals surface area contributed by atoms with Crippen molar-refractivity contribution in [3.05, 3.63) is 202 Å². The van der Waals surface area contributed by atoms with E-state index in [9.17, 15) is 9.59 Å². The SMILES string of the molecule is [N-]=[N+]=NC(=O)c1ccc([Si](O[Si](c2ccccc2)(c2ccccc2)c2ccc(C(=O)N=[N+]=[N-])cc2)(c2ccccc2)c2ccccc2)cc1. The van der Waals surface area contributed by atoms with E-state index in [0.717, 1.165) is 31.1 Å². The van der Waals surface area contributed by atoms with Gasteiger partial charge in [0.15, 0.2) is 0 Å². The van der Waals surface area contributed by atoms with Gasteiger partial charge in [-0.2, -0.15) is 0 Å². The summed E-state index contributed by atoms with van der Waals surface area (Å²) in [5.41, 5.74) is 18.3. The molecule has 0 spiro atoms. The van der Waals surface area contributed by atoms with E-state index in [1.165, 1.54) is 0 Å². The van der Waals surface area contributed by atoms with Gasteiger partial charge in [-0.3, -0.25) is 9.59 Å². The molecule has 0 aliphatic rings. The zero-order valence-electron chi connectivity index (χ0n) is 26.1. The molecule has 6 aromatic rings. The highest BCUT2D eigenvalue weighted by molar-refractivity contribution is 7.18. The first kappa shape index (κ1) is 32.6. The second-order valence-corrected chi connectivity index (χ2v) is 18.1. The lowest BCUT2D eigenvalue weighted by Crippen LogP contribution is -2.81. The quantitative estimate of drug-likeness (QED) is 0.0646. The molecular weight excluding hydrogens is 645 g/mol. The van der Waals surface area contributed by atoms with Crippen LogP contribution in [0.25, 0.3) is 20.9 Å². The Balaban J connectivity index is 1.72. The number of rotatable bonds is 10. The molecule has 11 heteroatoms. The third-order valence-electron chi connectivity index (χ3n) is 8.38. The Morgan fingerprint density at radius 1 is 0.408 bits per heavy atom. The van der Waals surface area contributed by atoms with E-state index in [2.05, 4.69) is 68.6 Å². The minimum atomic E-state index is -3.52. The van der Waals surface area contributed by atoms with Crippen molar-refractivity contribution in [1.29, 1.82) is 0 Å². The third kappa shape index (κ3) is 6.35. The zero-order valence-corrected chi connectivity index (χ0v) is 28.1. The first-order chi connectivity index (χ1) is 24.0. The number of carbonyl (C=O) groups excluding carboxylic acids is 2. The number of nitrogens with zero attached hydrogens (tertiary/aromatic N) is 6. The predicted octanol–water partition coefficient (Wildman–Crippen LogP) is 5.24. The van der Waals surface area contributed by atoms with E-state index in [1.54, 1.807) is 24.3 Å². The van der Waals surface area contributed by atoms with Crippen LogP contribution < -0.4 is 31.1 Å². The van der Waals surface area contributed by atoms with Crippen LogP contribution in [0.2, 0.25) is 0 Å². The second-order valence-electron chi connectivity index (χ2n) is 11.1. The average Bonchev–Trinajstić information content (AvgIpc) is 3.17. The van der Waals surface area contributed by atoms with Gasteiger partial charge in [0.2, 0.25) is 11.8 Å². The topological polar surface area (TPSA) is 141 Å². The van der Waals surface area contributed by atoms with Crippen molar-refractivity contribution >= 4 is 59.6 Å². The second kappa shape index (κ2) is 14.6. The first-order valence-electron chi connectivity index (χ1n) is 15.3. The largest absolute Gasteiger partial charge is 0.435 e. The summed E-state index contributed by atoms with van der Waals surface area (Å²) in [6, 6.07) is 54.7. The van der Waals surface area contributed by atoms with Gasteiger partial charge in [0, 0.05) is 21.0 Å². The van der Waals surface area contributed by atoms with Crippen molar-refractivity contribution in [3.63, 3.8) is 0 Å². The van der Waals surface area contributed by atoms with Crippen LogP contribution in [0.4, 0.5) is 0 Å². The Kier molecular flexibility index (Phi) is 9.73. The van der Waals surface area contributed by atoms with Crippen LogP contribution in [0.3, 0.4) is 0 Å². The van der Waals surface area contributed by atoms with Gasteiger partial charge in [0.05, 0.1) is 0 Å². The molecule has 0 heterocycles. The van der Waals surface area contributed by atoms with Gasteiger partial charge in [-0.1, -0.05) is 170 Å². The van der Waals surface area contributed by atoms with E-state index >= 15 is 0 Å². The Labute approximate surface area is 284 Å². The van der Waals surface area contributed by atoms with Crippen LogP contribution in [0.1, 0.15) is 20.7 Å². The molecule has 0 fully saturated rings. The zero-order chi connectivity index (χ0) is 34.1. The van der Waals surface area contributed by atoms with Crippen LogP contribution in [0.5, 0.6) is 0 Å². The van der Waals surface area contributed by atoms with E-state index in [0.29, 0.717) is 0 Å². The van der Waals surface area contributed by atoms with E-state index in [1.807, 2.05) is 97.1 Å². The standard InChI is InChI=1S/C38H28N6O3Si2/c39-43-41-37(45)29-21-25-35(26-22-29)48(31-13-5-1-6-14-31,32-15-7-2-8-16-32)47-49(33-17-9-3-10-18-33,34-19-11-4-12-20-34)36-27-23-30(24-28-36)38(46)42-44-40/h1-28H. The van der Waals surface area contributed by atoms with Gasteiger partial charge >= 0.3 is 0 Å². The monoisotopic (exact) mass is 672 g/mol. The summed E-state index contributed by atoms with van der Waals surface area (Å²) in [4.78, 5) is 30.5. The fraction of sp³-hybridized carbons (Fsp3) is 0. The molecule has 236 valence electrons. The average molecular weight is 673 g/mol. The Morgan fingerprint density at radius 2 is 0.653 bits per heavy atom. The van der Waals surface area contributed by atoms with Gasteiger partial charge < -0.3 is 4.12 Å². The summed E-state index contributed by atoms with van der Waals surface area (Å²) >= 11 is 0. The summed E-state index contributed by atoms with van der Waals surface area (Å²) < 4.78 is 8.18. The number of hydrogen-bond donors (Lipinski definition) is 0. The lowest BCUT2D eigenvalue weighted by molar-refractivity contribution is 0.0992. The molecule has 0 atom stereocenters.